The first kappa shape index (κ1) is 15.2. The van der Waals surface area contributed by atoms with E-state index in [9.17, 15) is 13.2 Å². The number of halogens is 3. The van der Waals surface area contributed by atoms with Crippen LogP contribution in [0.25, 0.3) is 0 Å². The molecule has 0 unspecified atom stereocenters. The van der Waals surface area contributed by atoms with Gasteiger partial charge in [-0.05, 0) is 36.8 Å². The molecule has 0 spiro atoms. The van der Waals surface area contributed by atoms with Crippen LogP contribution in [0.2, 0.25) is 0 Å². The Morgan fingerprint density at radius 3 is 2.29 bits per heavy atom. The molecule has 0 aliphatic rings. The average Bonchev–Trinajstić information content (AvgIpc) is 2.48. The summed E-state index contributed by atoms with van der Waals surface area (Å²) in [6.45, 7) is 2.73. The Morgan fingerprint density at radius 2 is 1.62 bits per heavy atom. The lowest BCUT2D eigenvalue weighted by molar-refractivity contribution is 0.317. The first-order valence-electron chi connectivity index (χ1n) is 6.70. The van der Waals surface area contributed by atoms with Gasteiger partial charge in [-0.2, -0.15) is 0 Å². The van der Waals surface area contributed by atoms with Gasteiger partial charge in [0, 0.05) is 23.9 Å². The zero-order valence-electron chi connectivity index (χ0n) is 11.6. The highest BCUT2D eigenvalue weighted by molar-refractivity contribution is 5.46. The average molecular weight is 295 g/mol. The third kappa shape index (κ3) is 4.15. The van der Waals surface area contributed by atoms with Crippen LogP contribution in [-0.4, -0.2) is 6.61 Å². The largest absolute Gasteiger partial charge is 0.494 e. The lowest BCUT2D eigenvalue weighted by atomic mass is 10.2. The van der Waals surface area contributed by atoms with Gasteiger partial charge in [-0.1, -0.05) is 6.92 Å². The van der Waals surface area contributed by atoms with Crippen LogP contribution < -0.4 is 10.1 Å². The van der Waals surface area contributed by atoms with Crippen LogP contribution in [0, 0.1) is 17.5 Å². The van der Waals surface area contributed by atoms with Crippen molar-refractivity contribution in [2.24, 2.45) is 0 Å². The molecule has 0 saturated carbocycles. The van der Waals surface area contributed by atoms with Gasteiger partial charge in [-0.3, -0.25) is 0 Å². The number of nitrogens with one attached hydrogen (secondary N) is 1. The molecule has 2 aromatic carbocycles. The fraction of sp³-hybridized carbons (Fsp3) is 0.250. The van der Waals surface area contributed by atoms with E-state index in [0.717, 1.165) is 23.9 Å². The maximum Gasteiger partial charge on any atom is 0.161 e. The second-order valence-corrected chi connectivity index (χ2v) is 4.58. The predicted molar refractivity (Wildman–Crippen MR) is 75.9 cm³/mol. The Kier molecular flexibility index (Phi) is 5.09. The summed E-state index contributed by atoms with van der Waals surface area (Å²) in [5.74, 6) is -2.27. The highest BCUT2D eigenvalue weighted by Gasteiger charge is 2.09. The Balaban J connectivity index is 1.98. The minimum Gasteiger partial charge on any atom is -0.494 e. The van der Waals surface area contributed by atoms with Gasteiger partial charge in [0.2, 0.25) is 0 Å². The van der Waals surface area contributed by atoms with Gasteiger partial charge in [0.05, 0.1) is 6.61 Å². The quantitative estimate of drug-likeness (QED) is 0.792. The molecule has 0 bridgehead atoms. The number of ether oxygens (including phenoxy) is 1. The van der Waals surface area contributed by atoms with Crippen molar-refractivity contribution >= 4 is 5.69 Å². The Morgan fingerprint density at radius 1 is 0.952 bits per heavy atom. The van der Waals surface area contributed by atoms with Gasteiger partial charge in [-0.25, -0.2) is 13.2 Å². The molecule has 1 N–H and O–H groups in total. The number of anilines is 1. The van der Waals surface area contributed by atoms with Crippen LogP contribution >= 0.6 is 0 Å². The minimum atomic E-state index is -1.19. The van der Waals surface area contributed by atoms with Crippen molar-refractivity contribution in [3.63, 3.8) is 0 Å². The molecule has 5 heteroatoms. The number of hydrogen-bond acceptors (Lipinski definition) is 2. The van der Waals surface area contributed by atoms with Crippen molar-refractivity contribution in [1.29, 1.82) is 0 Å². The number of rotatable bonds is 6. The summed E-state index contributed by atoms with van der Waals surface area (Å²) in [5.41, 5.74) is 0.809. The molecule has 0 atom stereocenters. The first-order chi connectivity index (χ1) is 10.1. The Bertz CT molecular complexity index is 599. The van der Waals surface area contributed by atoms with E-state index < -0.39 is 17.5 Å². The zero-order chi connectivity index (χ0) is 15.2. The Labute approximate surface area is 121 Å². The molecule has 0 radical (unpaired) electrons. The molecule has 112 valence electrons. The lowest BCUT2D eigenvalue weighted by Gasteiger charge is -2.09. The SMILES string of the molecule is CCCOc1ccc(NCc2cc(F)c(F)cc2F)cc1. The van der Waals surface area contributed by atoms with Gasteiger partial charge in [0.1, 0.15) is 11.6 Å². The first-order valence-corrected chi connectivity index (χ1v) is 6.70. The molecule has 0 aromatic heterocycles. The summed E-state index contributed by atoms with van der Waals surface area (Å²) in [7, 11) is 0. The van der Waals surface area contributed by atoms with E-state index >= 15 is 0 Å². The van der Waals surface area contributed by atoms with Gasteiger partial charge >= 0.3 is 0 Å². The van der Waals surface area contributed by atoms with E-state index in [1.54, 1.807) is 24.3 Å². The van der Waals surface area contributed by atoms with Gasteiger partial charge < -0.3 is 10.1 Å². The van der Waals surface area contributed by atoms with Crippen LogP contribution in [0.15, 0.2) is 36.4 Å². The highest BCUT2D eigenvalue weighted by Crippen LogP contribution is 2.18. The highest BCUT2D eigenvalue weighted by atomic mass is 19.2. The second kappa shape index (κ2) is 7.02. The van der Waals surface area contributed by atoms with Crippen molar-refractivity contribution < 1.29 is 17.9 Å². The summed E-state index contributed by atoms with van der Waals surface area (Å²) in [4.78, 5) is 0. The topological polar surface area (TPSA) is 21.3 Å². The molecule has 0 saturated heterocycles. The van der Waals surface area contributed by atoms with Crippen LogP contribution in [0.1, 0.15) is 18.9 Å². The molecule has 0 fully saturated rings. The summed E-state index contributed by atoms with van der Waals surface area (Å²) < 4.78 is 44.8. The normalized spacial score (nSPS) is 10.5. The molecule has 0 aliphatic heterocycles. The van der Waals surface area contributed by atoms with E-state index in [1.807, 2.05) is 6.92 Å². The van der Waals surface area contributed by atoms with Crippen LogP contribution in [-0.2, 0) is 6.54 Å². The number of hydrogen-bond donors (Lipinski definition) is 1. The molecule has 0 heterocycles. The van der Waals surface area contributed by atoms with Crippen LogP contribution in [0.5, 0.6) is 5.75 Å². The molecule has 2 rings (SSSR count). The second-order valence-electron chi connectivity index (χ2n) is 4.58. The van der Waals surface area contributed by atoms with Crippen molar-refractivity contribution in [2.45, 2.75) is 19.9 Å². The lowest BCUT2D eigenvalue weighted by Crippen LogP contribution is -2.03. The summed E-state index contributed by atoms with van der Waals surface area (Å²) in [6.07, 6.45) is 0.926. The molecular weight excluding hydrogens is 279 g/mol. The maximum absolute atomic E-state index is 13.5. The fourth-order valence-electron chi connectivity index (χ4n) is 1.79. The summed E-state index contributed by atoms with van der Waals surface area (Å²) in [5, 5.41) is 2.95. The van der Waals surface area contributed by atoms with Crippen LogP contribution in [0.3, 0.4) is 0 Å². The molecule has 21 heavy (non-hydrogen) atoms. The standard InChI is InChI=1S/C16H16F3NO/c1-2-7-21-13-5-3-12(4-6-13)20-10-11-8-15(18)16(19)9-14(11)17/h3-6,8-9,20H,2,7,10H2,1H3. The predicted octanol–water partition coefficient (Wildman–Crippen LogP) is 4.50. The van der Waals surface area contributed by atoms with Gasteiger partial charge in [-0.15, -0.1) is 0 Å². The monoisotopic (exact) mass is 295 g/mol. The van der Waals surface area contributed by atoms with E-state index in [1.165, 1.54) is 0 Å². The smallest absolute Gasteiger partial charge is 0.161 e. The molecular formula is C16H16F3NO. The summed E-state index contributed by atoms with van der Waals surface area (Å²) in [6, 6.07) is 8.55. The zero-order valence-corrected chi connectivity index (χ0v) is 11.6. The van der Waals surface area contributed by atoms with E-state index in [4.69, 9.17) is 4.74 Å². The van der Waals surface area contributed by atoms with Crippen molar-refractivity contribution in [3.8, 4) is 5.75 Å². The van der Waals surface area contributed by atoms with E-state index in [2.05, 4.69) is 5.32 Å². The van der Waals surface area contributed by atoms with Gasteiger partial charge in [0.25, 0.3) is 0 Å². The van der Waals surface area contributed by atoms with Crippen molar-refractivity contribution in [1.82, 2.24) is 0 Å². The third-order valence-corrected chi connectivity index (χ3v) is 2.90. The minimum absolute atomic E-state index is 0.0677. The fourth-order valence-corrected chi connectivity index (χ4v) is 1.79. The van der Waals surface area contributed by atoms with E-state index in [-0.39, 0.29) is 12.1 Å². The summed E-state index contributed by atoms with van der Waals surface area (Å²) >= 11 is 0. The maximum atomic E-state index is 13.5. The molecule has 0 amide bonds. The molecule has 2 nitrogen and oxygen atoms in total. The van der Waals surface area contributed by atoms with Crippen LogP contribution in [0.4, 0.5) is 18.9 Å². The number of benzene rings is 2. The van der Waals surface area contributed by atoms with Crippen molar-refractivity contribution in [2.75, 3.05) is 11.9 Å². The molecule has 2 aromatic rings. The third-order valence-electron chi connectivity index (χ3n) is 2.90. The van der Waals surface area contributed by atoms with E-state index in [0.29, 0.717) is 12.7 Å². The molecule has 0 aliphatic carbocycles. The van der Waals surface area contributed by atoms with Gasteiger partial charge in [0.15, 0.2) is 11.6 Å². The van der Waals surface area contributed by atoms with Crippen molar-refractivity contribution in [3.05, 3.63) is 59.4 Å². The Hall–Kier alpha value is -2.17.